The van der Waals surface area contributed by atoms with E-state index in [0.29, 0.717) is 0 Å². The van der Waals surface area contributed by atoms with Crippen LogP contribution in [0.3, 0.4) is 0 Å². The first-order valence-electron chi connectivity index (χ1n) is 15.5. The number of benzene rings is 3. The highest BCUT2D eigenvalue weighted by Gasteiger charge is 2.65. The molecule has 3 aromatic carbocycles. The van der Waals surface area contributed by atoms with Crippen LogP contribution in [-0.2, 0) is 31.0 Å². The number of rotatable bonds is 8. The number of aliphatic hydroxyl groups is 3. The second kappa shape index (κ2) is 12.3. The fraction of sp³-hybridized carbons (Fsp3) is 0.306. The summed E-state index contributed by atoms with van der Waals surface area (Å²) >= 11 is 3.34. The van der Waals surface area contributed by atoms with Crippen LogP contribution in [0.4, 0.5) is 4.39 Å². The molecule has 4 aromatic rings. The first kappa shape index (κ1) is 32.2. The smallest absolute Gasteiger partial charge is 0.265 e. The fourth-order valence-electron chi connectivity index (χ4n) is 7.36. The van der Waals surface area contributed by atoms with Crippen molar-refractivity contribution in [3.8, 4) is 11.6 Å². The SMILES string of the molecule is CN(C)[C@@H]1c2onc(OCc3ccccc3)c2C(=O)[C@@]2(O)C(=O)C3=C(O)c4c(c(F)c(CO)c(Br)c4OCc4ccccc4)C[C@H]3C[C@@H]12. The Labute approximate surface area is 283 Å². The fourth-order valence-corrected chi connectivity index (χ4v) is 7.97. The minimum atomic E-state index is -2.61. The van der Waals surface area contributed by atoms with Gasteiger partial charge in [0.25, 0.3) is 5.88 Å². The van der Waals surface area contributed by atoms with Crippen molar-refractivity contribution in [1.29, 1.82) is 0 Å². The number of ether oxygens (including phenoxy) is 2. The zero-order valence-corrected chi connectivity index (χ0v) is 27.7. The number of carbonyl (C=O) groups is 2. The lowest BCUT2D eigenvalue weighted by molar-refractivity contribution is -0.142. The van der Waals surface area contributed by atoms with E-state index in [1.165, 1.54) is 0 Å². The Hall–Kier alpha value is -4.36. The Morgan fingerprint density at radius 2 is 1.62 bits per heavy atom. The van der Waals surface area contributed by atoms with E-state index in [1.807, 2.05) is 60.7 Å². The Bertz CT molecular complexity index is 1960. The third kappa shape index (κ3) is 4.89. The summed E-state index contributed by atoms with van der Waals surface area (Å²) in [6.07, 6.45) is -0.0237. The highest BCUT2D eigenvalue weighted by Crippen LogP contribution is 2.57. The Balaban J connectivity index is 1.33. The maximum atomic E-state index is 16.0. The monoisotopic (exact) mass is 718 g/mol. The van der Waals surface area contributed by atoms with Crippen LogP contribution in [0.2, 0.25) is 0 Å². The molecule has 0 amide bonds. The topological polar surface area (TPSA) is 143 Å². The van der Waals surface area contributed by atoms with Gasteiger partial charge in [0.05, 0.1) is 22.7 Å². The maximum absolute atomic E-state index is 16.0. The summed E-state index contributed by atoms with van der Waals surface area (Å²) in [7, 11) is 3.45. The molecule has 0 saturated heterocycles. The quantitative estimate of drug-likeness (QED) is 0.200. The molecule has 48 heavy (non-hydrogen) atoms. The van der Waals surface area contributed by atoms with Crippen LogP contribution in [0, 0.1) is 17.7 Å². The number of aliphatic hydroxyl groups excluding tert-OH is 2. The predicted molar refractivity (Wildman–Crippen MR) is 174 cm³/mol. The predicted octanol–water partition coefficient (Wildman–Crippen LogP) is 5.49. The number of Topliss-reactive ketones (excluding diaryl/α,β-unsaturated/α-hetero) is 2. The molecule has 12 heteroatoms. The van der Waals surface area contributed by atoms with Gasteiger partial charge in [0.2, 0.25) is 11.6 Å². The van der Waals surface area contributed by atoms with Crippen molar-refractivity contribution in [2.75, 3.05) is 14.1 Å². The maximum Gasteiger partial charge on any atom is 0.265 e. The standard InChI is InChI=1S/C36H32BrFN2O8/c1-40(2)29-23-14-20-13-21-25(31(27(37)22(15-41)28(21)38)46-16-18-9-5-3-6-10-18)30(42)24(20)33(43)36(23,45)34(44)26-32(29)48-39-35(26)47-17-19-11-7-4-8-12-19/h3-12,20,23,29,41-42,45H,13-17H2,1-2H3/t20-,23-,29-,36-/m0/s1. The molecule has 3 aliphatic carbocycles. The van der Waals surface area contributed by atoms with Crippen molar-refractivity contribution >= 4 is 33.3 Å². The number of hydrogen-bond donors (Lipinski definition) is 3. The average Bonchev–Trinajstić information content (AvgIpc) is 3.50. The number of ketones is 2. The van der Waals surface area contributed by atoms with E-state index < -0.39 is 53.2 Å². The zero-order chi connectivity index (χ0) is 33.9. The molecular formula is C36H32BrFN2O8. The van der Waals surface area contributed by atoms with Crippen LogP contribution < -0.4 is 9.47 Å². The Morgan fingerprint density at radius 1 is 1.00 bits per heavy atom. The van der Waals surface area contributed by atoms with E-state index in [1.54, 1.807) is 19.0 Å². The van der Waals surface area contributed by atoms with Crippen LogP contribution in [0.5, 0.6) is 11.6 Å². The third-order valence-corrected chi connectivity index (χ3v) is 10.4. The summed E-state index contributed by atoms with van der Waals surface area (Å²) in [4.78, 5) is 30.6. The number of fused-ring (bicyclic) bond motifs is 4. The minimum Gasteiger partial charge on any atom is -0.507 e. The number of aromatic nitrogens is 1. The molecular weight excluding hydrogens is 687 g/mol. The van der Waals surface area contributed by atoms with Crippen molar-refractivity contribution in [1.82, 2.24) is 10.1 Å². The molecule has 4 atom stereocenters. The highest BCUT2D eigenvalue weighted by atomic mass is 79.9. The summed E-state index contributed by atoms with van der Waals surface area (Å²) in [5.74, 6) is -5.02. The Morgan fingerprint density at radius 3 is 2.23 bits per heavy atom. The second-order valence-electron chi connectivity index (χ2n) is 12.6. The van der Waals surface area contributed by atoms with E-state index in [2.05, 4.69) is 21.1 Å². The molecule has 3 aliphatic rings. The average molecular weight is 720 g/mol. The normalized spacial score (nSPS) is 23.0. The van der Waals surface area contributed by atoms with Crippen LogP contribution in [0.1, 0.15) is 56.4 Å². The van der Waals surface area contributed by atoms with Crippen molar-refractivity contribution in [2.24, 2.45) is 11.8 Å². The van der Waals surface area contributed by atoms with Gasteiger partial charge in [0.15, 0.2) is 11.4 Å². The molecule has 10 nitrogen and oxygen atoms in total. The van der Waals surface area contributed by atoms with E-state index in [9.17, 15) is 24.9 Å². The van der Waals surface area contributed by atoms with Crippen LogP contribution in [0.15, 0.2) is 75.2 Å². The van der Waals surface area contributed by atoms with E-state index in [4.69, 9.17) is 14.0 Å². The largest absolute Gasteiger partial charge is 0.507 e. The second-order valence-corrected chi connectivity index (χ2v) is 13.4. The van der Waals surface area contributed by atoms with Gasteiger partial charge in [0.1, 0.15) is 36.1 Å². The summed E-state index contributed by atoms with van der Waals surface area (Å²) in [6, 6.07) is 17.6. The molecule has 1 aromatic heterocycles. The van der Waals surface area contributed by atoms with Gasteiger partial charge in [-0.25, -0.2) is 4.39 Å². The lowest BCUT2D eigenvalue weighted by Gasteiger charge is -2.49. The molecule has 0 radical (unpaired) electrons. The molecule has 0 unspecified atom stereocenters. The molecule has 1 fully saturated rings. The number of nitrogens with zero attached hydrogens (tertiary/aromatic N) is 2. The number of hydrogen-bond acceptors (Lipinski definition) is 10. The lowest BCUT2D eigenvalue weighted by atomic mass is 9.57. The summed E-state index contributed by atoms with van der Waals surface area (Å²) in [5.41, 5.74) is -1.40. The molecule has 248 valence electrons. The van der Waals surface area contributed by atoms with Gasteiger partial charge in [-0.15, -0.1) is 0 Å². The van der Waals surface area contributed by atoms with Gasteiger partial charge >= 0.3 is 0 Å². The van der Waals surface area contributed by atoms with Crippen molar-refractivity contribution in [3.05, 3.63) is 116 Å². The van der Waals surface area contributed by atoms with Gasteiger partial charge in [-0.1, -0.05) is 60.7 Å². The summed E-state index contributed by atoms with van der Waals surface area (Å²) in [6.45, 7) is -0.549. The van der Waals surface area contributed by atoms with Gasteiger partial charge in [-0.05, 0) is 65.1 Å². The first-order valence-corrected chi connectivity index (χ1v) is 16.3. The van der Waals surface area contributed by atoms with Crippen LogP contribution in [-0.4, -0.2) is 56.6 Å². The summed E-state index contributed by atoms with van der Waals surface area (Å²) < 4.78 is 33.8. The van der Waals surface area contributed by atoms with Crippen molar-refractivity contribution in [3.63, 3.8) is 0 Å². The lowest BCUT2D eigenvalue weighted by Crippen LogP contribution is -2.63. The van der Waals surface area contributed by atoms with E-state index in [-0.39, 0.29) is 75.7 Å². The van der Waals surface area contributed by atoms with Crippen molar-refractivity contribution in [2.45, 2.75) is 44.3 Å². The van der Waals surface area contributed by atoms with Gasteiger partial charge in [-0.3, -0.25) is 14.5 Å². The Kier molecular flexibility index (Phi) is 8.23. The van der Waals surface area contributed by atoms with Gasteiger partial charge in [0, 0.05) is 22.6 Å². The van der Waals surface area contributed by atoms with E-state index in [0.717, 1.165) is 11.1 Å². The number of halogens is 2. The van der Waals surface area contributed by atoms with Crippen LogP contribution >= 0.6 is 15.9 Å². The zero-order valence-electron chi connectivity index (χ0n) is 26.1. The van der Waals surface area contributed by atoms with E-state index >= 15 is 4.39 Å². The molecule has 1 saturated carbocycles. The third-order valence-electron chi connectivity index (χ3n) is 9.61. The summed E-state index contributed by atoms with van der Waals surface area (Å²) in [5, 5.41) is 38.3. The molecule has 0 spiro atoms. The molecule has 7 rings (SSSR count). The van der Waals surface area contributed by atoms with Gasteiger partial charge in [-0.2, -0.15) is 0 Å². The molecule has 0 aliphatic heterocycles. The molecule has 0 bridgehead atoms. The minimum absolute atomic E-state index is 0.0280. The highest BCUT2D eigenvalue weighted by molar-refractivity contribution is 9.10. The van der Waals surface area contributed by atoms with Crippen molar-refractivity contribution < 1.29 is 43.3 Å². The first-order chi connectivity index (χ1) is 23.1. The number of carbonyl (C=O) groups excluding carboxylic acids is 2. The van der Waals surface area contributed by atoms with Crippen LogP contribution in [0.25, 0.3) is 5.76 Å². The molecule has 3 N–H and O–H groups in total. The van der Waals surface area contributed by atoms with Gasteiger partial charge < -0.3 is 29.3 Å². The molecule has 1 heterocycles.